The molecule has 0 spiro atoms. The van der Waals surface area contributed by atoms with Crippen LogP contribution in [0.25, 0.3) is 0 Å². The van der Waals surface area contributed by atoms with Crippen molar-refractivity contribution >= 4 is 11.9 Å². The molecule has 0 bridgehead atoms. The average molecular weight is 244 g/mol. The van der Waals surface area contributed by atoms with Crippen molar-refractivity contribution in [3.8, 4) is 0 Å². The average Bonchev–Trinajstić information content (AvgIpc) is 2.62. The Labute approximate surface area is 101 Å². The summed E-state index contributed by atoms with van der Waals surface area (Å²) in [6.45, 7) is 0. The quantitative estimate of drug-likeness (QED) is 0.610. The van der Waals surface area contributed by atoms with E-state index in [1.165, 1.54) is 19.3 Å². The van der Waals surface area contributed by atoms with Crippen molar-refractivity contribution in [2.75, 3.05) is 14.1 Å². The Morgan fingerprint density at radius 2 is 1.65 bits per heavy atom. The van der Waals surface area contributed by atoms with Gasteiger partial charge in [-0.2, -0.15) is 0 Å². The fourth-order valence-electron chi connectivity index (χ4n) is 1.75. The predicted octanol–water partition coefficient (Wildman–Crippen LogP) is 0.140. The summed E-state index contributed by atoms with van der Waals surface area (Å²) in [6, 6.07) is 1.07. The van der Waals surface area contributed by atoms with Gasteiger partial charge in [-0.15, -0.1) is 0 Å². The van der Waals surface area contributed by atoms with Gasteiger partial charge in [0.05, 0.1) is 0 Å². The van der Waals surface area contributed by atoms with Crippen LogP contribution in [-0.2, 0) is 9.59 Å². The predicted molar refractivity (Wildman–Crippen MR) is 63.7 cm³/mol. The van der Waals surface area contributed by atoms with Gasteiger partial charge in [0.25, 0.3) is 0 Å². The standard InChI is InChI=1S/C7H16N2.C4H4O4/c1-9(2)7-5-3-4-6(7)8;5-3(6)1-2-4(7)8/h6-7H,3-5,8H2,1-2H3;1-2H,(H,5,6)(H,7,8)/b;2-1-/t6-,7-;/m1./s1. The lowest BCUT2D eigenvalue weighted by molar-refractivity contribution is -0.134. The molecule has 0 radical (unpaired) electrons. The Bertz CT molecular complexity index is 273. The number of rotatable bonds is 3. The van der Waals surface area contributed by atoms with Crippen LogP contribution >= 0.6 is 0 Å². The lowest BCUT2D eigenvalue weighted by Crippen LogP contribution is -2.39. The van der Waals surface area contributed by atoms with Crippen molar-refractivity contribution < 1.29 is 19.8 Å². The zero-order valence-electron chi connectivity index (χ0n) is 10.2. The largest absolute Gasteiger partial charge is 0.478 e. The van der Waals surface area contributed by atoms with E-state index < -0.39 is 11.9 Å². The topological polar surface area (TPSA) is 104 Å². The third kappa shape index (κ3) is 7.48. The van der Waals surface area contributed by atoms with Crippen LogP contribution in [-0.4, -0.2) is 53.2 Å². The highest BCUT2D eigenvalue weighted by atomic mass is 16.4. The lowest BCUT2D eigenvalue weighted by Gasteiger charge is -2.22. The first-order valence-corrected chi connectivity index (χ1v) is 5.40. The summed E-state index contributed by atoms with van der Waals surface area (Å²) in [5.74, 6) is -2.51. The molecule has 17 heavy (non-hydrogen) atoms. The van der Waals surface area contributed by atoms with Gasteiger partial charge in [0.2, 0.25) is 0 Å². The van der Waals surface area contributed by atoms with E-state index >= 15 is 0 Å². The Morgan fingerprint density at radius 1 is 1.18 bits per heavy atom. The summed E-state index contributed by atoms with van der Waals surface area (Å²) in [6.07, 6.45) is 4.92. The number of hydrogen-bond acceptors (Lipinski definition) is 4. The van der Waals surface area contributed by atoms with Gasteiger partial charge in [-0.25, -0.2) is 9.59 Å². The number of nitrogens with zero attached hydrogens (tertiary/aromatic N) is 1. The fraction of sp³-hybridized carbons (Fsp3) is 0.636. The van der Waals surface area contributed by atoms with Crippen molar-refractivity contribution in [2.24, 2.45) is 5.73 Å². The molecule has 4 N–H and O–H groups in total. The molecule has 6 heteroatoms. The number of aliphatic carboxylic acids is 2. The molecule has 1 aliphatic rings. The number of carboxylic acid groups (broad SMARTS) is 2. The van der Waals surface area contributed by atoms with Gasteiger partial charge < -0.3 is 20.8 Å². The van der Waals surface area contributed by atoms with E-state index in [0.717, 1.165) is 0 Å². The summed E-state index contributed by atoms with van der Waals surface area (Å²) in [7, 11) is 4.21. The molecule has 6 nitrogen and oxygen atoms in total. The first kappa shape index (κ1) is 15.6. The van der Waals surface area contributed by atoms with Gasteiger partial charge in [-0.1, -0.05) is 6.42 Å². The van der Waals surface area contributed by atoms with Gasteiger partial charge >= 0.3 is 11.9 Å². The van der Waals surface area contributed by atoms with Crippen molar-refractivity contribution in [2.45, 2.75) is 31.3 Å². The summed E-state index contributed by atoms with van der Waals surface area (Å²) in [5.41, 5.74) is 5.84. The van der Waals surface area contributed by atoms with Crippen LogP contribution in [0.15, 0.2) is 12.2 Å². The normalized spacial score (nSPS) is 23.5. The zero-order chi connectivity index (χ0) is 13.4. The molecule has 1 fully saturated rings. The van der Waals surface area contributed by atoms with Gasteiger partial charge in [0.1, 0.15) is 0 Å². The molecule has 0 aromatic carbocycles. The third-order valence-corrected chi connectivity index (χ3v) is 2.56. The van der Waals surface area contributed by atoms with Crippen molar-refractivity contribution in [1.29, 1.82) is 0 Å². The highest BCUT2D eigenvalue weighted by Gasteiger charge is 2.24. The monoisotopic (exact) mass is 244 g/mol. The SMILES string of the molecule is CN(C)[C@@H]1CCC[C@H]1N.O=C(O)/C=C\C(=O)O. The lowest BCUT2D eigenvalue weighted by atomic mass is 10.2. The van der Waals surface area contributed by atoms with E-state index in [4.69, 9.17) is 15.9 Å². The number of carboxylic acids is 2. The van der Waals surface area contributed by atoms with Crippen LogP contribution in [0, 0.1) is 0 Å². The first-order chi connectivity index (χ1) is 7.84. The molecule has 0 heterocycles. The highest BCUT2D eigenvalue weighted by molar-refractivity contribution is 5.89. The van der Waals surface area contributed by atoms with Gasteiger partial charge in [0.15, 0.2) is 0 Å². The van der Waals surface area contributed by atoms with Crippen LogP contribution < -0.4 is 5.73 Å². The van der Waals surface area contributed by atoms with Crippen LogP contribution in [0.5, 0.6) is 0 Å². The zero-order valence-corrected chi connectivity index (χ0v) is 10.2. The summed E-state index contributed by atoms with van der Waals surface area (Å²) in [4.78, 5) is 21.3. The summed E-state index contributed by atoms with van der Waals surface area (Å²) >= 11 is 0. The van der Waals surface area contributed by atoms with E-state index in [9.17, 15) is 9.59 Å². The van der Waals surface area contributed by atoms with Crippen LogP contribution in [0.1, 0.15) is 19.3 Å². The number of likely N-dealkylation sites (N-methyl/N-ethyl adjacent to an activating group) is 1. The molecular weight excluding hydrogens is 224 g/mol. The van der Waals surface area contributed by atoms with E-state index in [0.29, 0.717) is 24.2 Å². The minimum absolute atomic E-state index is 0.431. The minimum Gasteiger partial charge on any atom is -0.478 e. The maximum absolute atomic E-state index is 9.55. The first-order valence-electron chi connectivity index (χ1n) is 5.40. The van der Waals surface area contributed by atoms with E-state index in [1.54, 1.807) is 0 Å². The molecule has 0 aromatic rings. The smallest absolute Gasteiger partial charge is 0.328 e. The third-order valence-electron chi connectivity index (χ3n) is 2.56. The molecule has 0 unspecified atom stereocenters. The molecule has 0 amide bonds. The highest BCUT2D eigenvalue weighted by Crippen LogP contribution is 2.20. The molecule has 1 saturated carbocycles. The second-order valence-corrected chi connectivity index (χ2v) is 4.14. The molecule has 2 atom stereocenters. The fourth-order valence-corrected chi connectivity index (χ4v) is 1.75. The summed E-state index contributed by atoms with van der Waals surface area (Å²) < 4.78 is 0. The van der Waals surface area contributed by atoms with E-state index in [2.05, 4.69) is 19.0 Å². The molecule has 1 aliphatic carbocycles. The summed E-state index contributed by atoms with van der Waals surface area (Å²) in [5, 5.41) is 15.6. The molecule has 0 aliphatic heterocycles. The van der Waals surface area contributed by atoms with Crippen molar-refractivity contribution in [1.82, 2.24) is 4.90 Å². The second-order valence-electron chi connectivity index (χ2n) is 4.14. The van der Waals surface area contributed by atoms with Crippen LogP contribution in [0.4, 0.5) is 0 Å². The Morgan fingerprint density at radius 3 is 1.82 bits per heavy atom. The molecular formula is C11H20N2O4. The van der Waals surface area contributed by atoms with Crippen molar-refractivity contribution in [3.05, 3.63) is 12.2 Å². The van der Waals surface area contributed by atoms with E-state index in [-0.39, 0.29) is 0 Å². The van der Waals surface area contributed by atoms with E-state index in [1.807, 2.05) is 0 Å². The Kier molecular flexibility index (Phi) is 7.16. The minimum atomic E-state index is -1.26. The van der Waals surface area contributed by atoms with Gasteiger partial charge in [0, 0.05) is 24.2 Å². The molecule has 0 aromatic heterocycles. The second kappa shape index (κ2) is 7.81. The molecule has 98 valence electrons. The Hall–Kier alpha value is -1.40. The number of carbonyl (C=O) groups is 2. The number of hydrogen-bond donors (Lipinski definition) is 3. The van der Waals surface area contributed by atoms with Crippen molar-refractivity contribution in [3.63, 3.8) is 0 Å². The molecule has 1 rings (SSSR count). The number of nitrogens with two attached hydrogens (primary N) is 1. The Balaban J connectivity index is 0.000000304. The molecule has 0 saturated heterocycles. The maximum Gasteiger partial charge on any atom is 0.328 e. The van der Waals surface area contributed by atoms with Gasteiger partial charge in [-0.3, -0.25) is 0 Å². The van der Waals surface area contributed by atoms with Crippen LogP contribution in [0.3, 0.4) is 0 Å². The van der Waals surface area contributed by atoms with Gasteiger partial charge in [-0.05, 0) is 26.9 Å². The van der Waals surface area contributed by atoms with Crippen LogP contribution in [0.2, 0.25) is 0 Å². The maximum atomic E-state index is 9.55.